The summed E-state index contributed by atoms with van der Waals surface area (Å²) in [7, 11) is 0. The van der Waals surface area contributed by atoms with Crippen LogP contribution < -0.4 is 21.3 Å². The maximum Gasteiger partial charge on any atom is 0.0959 e. The molecule has 0 aromatic rings. The SMILES string of the molecule is N#CC1CC2CNC(NC3C[C@H]4CC[C@@H](C3)N4)C(Br)C2N1. The number of piperidine rings is 2. The number of rotatable bonds is 2. The number of nitrogens with zero attached hydrogens (tertiary/aromatic N) is 1. The lowest BCUT2D eigenvalue weighted by Gasteiger charge is -2.41. The summed E-state index contributed by atoms with van der Waals surface area (Å²) in [5.74, 6) is 0.571. The fourth-order valence-corrected chi connectivity index (χ4v) is 5.66. The van der Waals surface area contributed by atoms with Crippen molar-refractivity contribution in [1.29, 1.82) is 5.26 Å². The van der Waals surface area contributed by atoms with Gasteiger partial charge in [0.05, 0.1) is 23.1 Å². The molecule has 4 rings (SSSR count). The van der Waals surface area contributed by atoms with E-state index in [9.17, 15) is 0 Å². The first-order valence-electron chi connectivity index (χ1n) is 8.28. The minimum atomic E-state index is 0.0234. The molecule has 4 N–H and O–H groups in total. The fraction of sp³-hybridized carbons (Fsp3) is 0.933. The Kier molecular flexibility index (Phi) is 3.97. The van der Waals surface area contributed by atoms with Crippen LogP contribution in [0.1, 0.15) is 32.1 Å². The van der Waals surface area contributed by atoms with Gasteiger partial charge < -0.3 is 10.6 Å². The molecule has 0 aliphatic carbocycles. The van der Waals surface area contributed by atoms with Gasteiger partial charge in [-0.3, -0.25) is 10.6 Å². The van der Waals surface area contributed by atoms with Crippen LogP contribution in [0.5, 0.6) is 0 Å². The van der Waals surface area contributed by atoms with Crippen LogP contribution >= 0.6 is 15.9 Å². The molecular weight excluding hydrogens is 330 g/mol. The van der Waals surface area contributed by atoms with Gasteiger partial charge in [-0.05, 0) is 38.0 Å². The van der Waals surface area contributed by atoms with Gasteiger partial charge in [-0.15, -0.1) is 0 Å². The third-order valence-electron chi connectivity index (χ3n) is 5.75. The highest BCUT2D eigenvalue weighted by Gasteiger charge is 2.45. The highest BCUT2D eigenvalue weighted by Crippen LogP contribution is 2.32. The Bertz CT molecular complexity index is 426. The molecule has 0 amide bonds. The van der Waals surface area contributed by atoms with Gasteiger partial charge in [0, 0.05) is 30.7 Å². The Balaban J connectivity index is 1.37. The summed E-state index contributed by atoms with van der Waals surface area (Å²) in [5.41, 5.74) is 0. The lowest BCUT2D eigenvalue weighted by Crippen LogP contribution is -2.64. The molecule has 116 valence electrons. The predicted octanol–water partition coefficient (Wildman–Crippen LogP) is 0.422. The van der Waals surface area contributed by atoms with Gasteiger partial charge in [-0.2, -0.15) is 5.26 Å². The molecule has 6 unspecified atom stereocenters. The average Bonchev–Trinajstić information content (AvgIpc) is 3.06. The van der Waals surface area contributed by atoms with Gasteiger partial charge in [0.1, 0.15) is 0 Å². The van der Waals surface area contributed by atoms with Crippen molar-refractivity contribution in [2.45, 2.75) is 73.3 Å². The van der Waals surface area contributed by atoms with Crippen LogP contribution in [0.15, 0.2) is 0 Å². The number of alkyl halides is 1. The number of nitriles is 1. The van der Waals surface area contributed by atoms with Crippen molar-refractivity contribution >= 4 is 15.9 Å². The van der Waals surface area contributed by atoms with Crippen molar-refractivity contribution in [3.63, 3.8) is 0 Å². The standard InChI is InChI=1S/C15H24BrN5/c16-13-14-8(3-12(6-17)20-14)7-18-15(13)21-11-4-9-1-2-10(5-11)19-9/h8-15,18-21H,1-5,7H2/t8?,9-,10+,11?,12?,13?,14?,15?. The fourth-order valence-electron chi connectivity index (χ4n) is 4.73. The van der Waals surface area contributed by atoms with Crippen LogP contribution in [0.25, 0.3) is 0 Å². The second-order valence-corrected chi connectivity index (χ2v) is 8.23. The van der Waals surface area contributed by atoms with Crippen molar-refractivity contribution in [1.82, 2.24) is 21.3 Å². The smallest absolute Gasteiger partial charge is 0.0959 e. The normalized spacial score (nSPS) is 52.4. The van der Waals surface area contributed by atoms with Crippen LogP contribution in [-0.4, -0.2) is 47.7 Å². The number of hydrogen-bond acceptors (Lipinski definition) is 5. The Morgan fingerprint density at radius 3 is 2.57 bits per heavy atom. The molecular formula is C15H24BrN5. The summed E-state index contributed by atoms with van der Waals surface area (Å²) in [5, 5.41) is 23.8. The Labute approximate surface area is 134 Å². The summed E-state index contributed by atoms with van der Waals surface area (Å²) in [6.45, 7) is 1.01. The zero-order chi connectivity index (χ0) is 14.4. The minimum Gasteiger partial charge on any atom is -0.311 e. The molecule has 0 saturated carbocycles. The van der Waals surface area contributed by atoms with Crippen LogP contribution in [0.3, 0.4) is 0 Å². The van der Waals surface area contributed by atoms with E-state index in [1.54, 1.807) is 0 Å². The third kappa shape index (κ3) is 2.75. The molecule has 4 aliphatic heterocycles. The maximum absolute atomic E-state index is 9.12. The highest BCUT2D eigenvalue weighted by molar-refractivity contribution is 9.09. The molecule has 0 aromatic carbocycles. The van der Waals surface area contributed by atoms with E-state index in [0.717, 1.165) is 25.0 Å². The van der Waals surface area contributed by atoms with Gasteiger partial charge >= 0.3 is 0 Å². The summed E-state index contributed by atoms with van der Waals surface area (Å²) >= 11 is 3.88. The van der Waals surface area contributed by atoms with Gasteiger partial charge in [-0.25, -0.2) is 0 Å². The molecule has 0 spiro atoms. The van der Waals surface area contributed by atoms with E-state index in [1.165, 1.54) is 25.7 Å². The van der Waals surface area contributed by atoms with E-state index >= 15 is 0 Å². The topological polar surface area (TPSA) is 71.9 Å². The van der Waals surface area contributed by atoms with Gasteiger partial charge in [0.15, 0.2) is 0 Å². The van der Waals surface area contributed by atoms with Crippen molar-refractivity contribution in [3.05, 3.63) is 0 Å². The zero-order valence-electron chi connectivity index (χ0n) is 12.2. The molecule has 8 atom stereocenters. The quantitative estimate of drug-likeness (QED) is 0.541. The van der Waals surface area contributed by atoms with Crippen LogP contribution in [0.2, 0.25) is 0 Å². The Morgan fingerprint density at radius 1 is 1.10 bits per heavy atom. The van der Waals surface area contributed by atoms with Gasteiger partial charge in [0.25, 0.3) is 0 Å². The molecule has 2 bridgehead atoms. The van der Waals surface area contributed by atoms with Crippen molar-refractivity contribution in [2.24, 2.45) is 5.92 Å². The van der Waals surface area contributed by atoms with E-state index in [2.05, 4.69) is 43.3 Å². The molecule has 0 aromatic heterocycles. The number of halogens is 1. The summed E-state index contributed by atoms with van der Waals surface area (Å²) in [4.78, 5) is 0.349. The summed E-state index contributed by atoms with van der Waals surface area (Å²) < 4.78 is 0. The average molecular weight is 354 g/mol. The molecule has 21 heavy (non-hydrogen) atoms. The Hall–Kier alpha value is -0.190. The minimum absolute atomic E-state index is 0.0234. The van der Waals surface area contributed by atoms with Crippen LogP contribution in [0.4, 0.5) is 0 Å². The Morgan fingerprint density at radius 2 is 1.86 bits per heavy atom. The second-order valence-electron chi connectivity index (χ2n) is 7.17. The van der Waals surface area contributed by atoms with E-state index < -0.39 is 0 Å². The highest BCUT2D eigenvalue weighted by atomic mass is 79.9. The lowest BCUT2D eigenvalue weighted by molar-refractivity contribution is 0.219. The molecule has 0 radical (unpaired) electrons. The van der Waals surface area contributed by atoms with Gasteiger partial charge in [0.2, 0.25) is 0 Å². The third-order valence-corrected chi connectivity index (χ3v) is 6.84. The number of hydrogen-bond donors (Lipinski definition) is 4. The second kappa shape index (κ2) is 5.78. The van der Waals surface area contributed by atoms with E-state index in [4.69, 9.17) is 5.26 Å². The molecule has 6 heteroatoms. The molecule has 4 fully saturated rings. The first-order chi connectivity index (χ1) is 10.2. The first-order valence-corrected chi connectivity index (χ1v) is 9.19. The van der Waals surface area contributed by atoms with Crippen LogP contribution in [0, 0.1) is 17.2 Å². The van der Waals surface area contributed by atoms with Crippen molar-refractivity contribution in [2.75, 3.05) is 6.54 Å². The maximum atomic E-state index is 9.12. The largest absolute Gasteiger partial charge is 0.311 e. The zero-order valence-corrected chi connectivity index (χ0v) is 13.8. The molecule has 5 nitrogen and oxygen atoms in total. The van der Waals surface area contributed by atoms with E-state index in [-0.39, 0.29) is 6.04 Å². The first kappa shape index (κ1) is 14.4. The predicted molar refractivity (Wildman–Crippen MR) is 85.0 cm³/mol. The number of nitrogens with one attached hydrogen (secondary N) is 4. The summed E-state index contributed by atoms with van der Waals surface area (Å²) in [6, 6.07) is 4.86. The molecule has 4 aliphatic rings. The van der Waals surface area contributed by atoms with Gasteiger partial charge in [-0.1, -0.05) is 15.9 Å². The number of fused-ring (bicyclic) bond motifs is 3. The van der Waals surface area contributed by atoms with E-state index in [1.807, 2.05) is 0 Å². The summed E-state index contributed by atoms with van der Waals surface area (Å²) in [6.07, 6.45) is 6.45. The monoisotopic (exact) mass is 353 g/mol. The van der Waals surface area contributed by atoms with E-state index in [0.29, 0.717) is 29.0 Å². The van der Waals surface area contributed by atoms with Crippen molar-refractivity contribution in [3.8, 4) is 6.07 Å². The lowest BCUT2D eigenvalue weighted by atomic mass is 9.91. The molecule has 4 saturated heterocycles. The van der Waals surface area contributed by atoms with Crippen LogP contribution in [-0.2, 0) is 0 Å². The van der Waals surface area contributed by atoms with Crippen molar-refractivity contribution < 1.29 is 0 Å². The molecule has 4 heterocycles.